The van der Waals surface area contributed by atoms with E-state index in [1.54, 1.807) is 30.5 Å². The van der Waals surface area contributed by atoms with Gasteiger partial charge in [-0.05, 0) is 42.3 Å². The highest BCUT2D eigenvalue weighted by atomic mass is 19.1. The standard InChI is InChI=1S/C21H18FN5O/c22-18-3-1-2-17-20(18)26-13-27-21(17)24-11-10-14-4-7-16(8-5-14)28-19-9-6-15(23)12-25-19/h1-9,12-13H,10-11,23H2,(H,24,26,27). The fourth-order valence-electron chi connectivity index (χ4n) is 2.81. The van der Waals surface area contributed by atoms with Crippen LogP contribution in [0.3, 0.4) is 0 Å². The molecule has 0 saturated carbocycles. The summed E-state index contributed by atoms with van der Waals surface area (Å²) >= 11 is 0. The van der Waals surface area contributed by atoms with E-state index in [1.807, 2.05) is 24.3 Å². The maximum absolute atomic E-state index is 13.8. The summed E-state index contributed by atoms with van der Waals surface area (Å²) < 4.78 is 19.5. The van der Waals surface area contributed by atoms with Gasteiger partial charge in [0.2, 0.25) is 5.88 Å². The molecule has 0 unspecified atom stereocenters. The lowest BCUT2D eigenvalue weighted by atomic mass is 10.1. The number of nitrogens with two attached hydrogens (primary N) is 1. The van der Waals surface area contributed by atoms with Gasteiger partial charge in [0.05, 0.1) is 11.9 Å². The van der Waals surface area contributed by atoms with Gasteiger partial charge in [0.25, 0.3) is 0 Å². The number of nitrogen functional groups attached to an aromatic ring is 1. The predicted octanol–water partition coefficient (Wildman–Crippen LogP) is 4.19. The number of para-hydroxylation sites is 1. The van der Waals surface area contributed by atoms with Crippen molar-refractivity contribution in [2.24, 2.45) is 0 Å². The molecule has 2 heterocycles. The van der Waals surface area contributed by atoms with Gasteiger partial charge in [0.15, 0.2) is 0 Å². The number of ether oxygens (including phenoxy) is 1. The lowest BCUT2D eigenvalue weighted by Gasteiger charge is -2.09. The minimum atomic E-state index is -0.353. The molecule has 0 radical (unpaired) electrons. The van der Waals surface area contributed by atoms with Gasteiger partial charge in [-0.25, -0.2) is 19.3 Å². The summed E-state index contributed by atoms with van der Waals surface area (Å²) in [5.41, 5.74) is 7.66. The van der Waals surface area contributed by atoms with E-state index in [-0.39, 0.29) is 5.82 Å². The van der Waals surface area contributed by atoms with Crippen LogP contribution < -0.4 is 15.8 Å². The first kappa shape index (κ1) is 17.7. The molecule has 0 fully saturated rings. The van der Waals surface area contributed by atoms with Crippen LogP contribution in [-0.2, 0) is 6.42 Å². The highest BCUT2D eigenvalue weighted by molar-refractivity contribution is 5.89. The number of rotatable bonds is 6. The quantitative estimate of drug-likeness (QED) is 0.525. The van der Waals surface area contributed by atoms with Crippen molar-refractivity contribution in [1.82, 2.24) is 15.0 Å². The number of halogens is 1. The molecule has 0 atom stereocenters. The van der Waals surface area contributed by atoms with Crippen molar-refractivity contribution in [2.45, 2.75) is 6.42 Å². The summed E-state index contributed by atoms with van der Waals surface area (Å²) in [5, 5.41) is 3.92. The van der Waals surface area contributed by atoms with E-state index in [0.29, 0.717) is 40.6 Å². The molecular formula is C21H18FN5O. The summed E-state index contributed by atoms with van der Waals surface area (Å²) in [4.78, 5) is 12.3. The van der Waals surface area contributed by atoms with Crippen LogP contribution in [0.15, 0.2) is 67.1 Å². The number of hydrogen-bond acceptors (Lipinski definition) is 6. The van der Waals surface area contributed by atoms with Gasteiger partial charge in [0.1, 0.15) is 29.2 Å². The molecule has 4 rings (SSSR count). The first-order valence-corrected chi connectivity index (χ1v) is 8.80. The maximum atomic E-state index is 13.8. The van der Waals surface area contributed by atoms with Crippen molar-refractivity contribution in [3.63, 3.8) is 0 Å². The Morgan fingerprint density at radius 2 is 1.82 bits per heavy atom. The zero-order valence-corrected chi connectivity index (χ0v) is 15.0. The van der Waals surface area contributed by atoms with E-state index in [2.05, 4.69) is 20.3 Å². The van der Waals surface area contributed by atoms with Crippen molar-refractivity contribution >= 4 is 22.4 Å². The molecule has 2 aromatic heterocycles. The van der Waals surface area contributed by atoms with Crippen molar-refractivity contribution < 1.29 is 9.13 Å². The average Bonchev–Trinajstić information content (AvgIpc) is 2.72. The minimum Gasteiger partial charge on any atom is -0.439 e. The van der Waals surface area contributed by atoms with Crippen LogP contribution in [0.25, 0.3) is 10.9 Å². The summed E-state index contributed by atoms with van der Waals surface area (Å²) in [6.45, 7) is 0.655. The van der Waals surface area contributed by atoms with E-state index >= 15 is 0 Å². The number of aromatic nitrogens is 3. The van der Waals surface area contributed by atoms with E-state index in [0.717, 1.165) is 12.0 Å². The van der Waals surface area contributed by atoms with Gasteiger partial charge in [-0.15, -0.1) is 0 Å². The SMILES string of the molecule is Nc1ccc(Oc2ccc(CCNc3ncnc4c(F)cccc34)cc2)nc1. The molecule has 7 heteroatoms. The Balaban J connectivity index is 1.37. The Hall–Kier alpha value is -3.74. The van der Waals surface area contributed by atoms with Gasteiger partial charge in [0, 0.05) is 18.0 Å². The van der Waals surface area contributed by atoms with Gasteiger partial charge in [-0.3, -0.25) is 0 Å². The predicted molar refractivity (Wildman–Crippen MR) is 107 cm³/mol. The van der Waals surface area contributed by atoms with Gasteiger partial charge in [-0.2, -0.15) is 0 Å². The van der Waals surface area contributed by atoms with E-state index in [1.165, 1.54) is 12.4 Å². The normalized spacial score (nSPS) is 10.8. The maximum Gasteiger partial charge on any atom is 0.219 e. The third-order valence-corrected chi connectivity index (χ3v) is 4.23. The number of hydrogen-bond donors (Lipinski definition) is 2. The highest BCUT2D eigenvalue weighted by Gasteiger charge is 2.07. The summed E-state index contributed by atoms with van der Waals surface area (Å²) in [6.07, 6.45) is 3.70. The Morgan fingerprint density at radius 1 is 0.964 bits per heavy atom. The Kier molecular flexibility index (Phi) is 4.97. The molecule has 0 aliphatic rings. The smallest absolute Gasteiger partial charge is 0.219 e. The molecule has 140 valence electrons. The molecule has 3 N–H and O–H groups in total. The monoisotopic (exact) mass is 375 g/mol. The van der Waals surface area contributed by atoms with Crippen LogP contribution in [0.4, 0.5) is 15.9 Å². The fraction of sp³-hybridized carbons (Fsp3) is 0.0952. The van der Waals surface area contributed by atoms with Crippen LogP contribution >= 0.6 is 0 Å². The number of nitrogens with zero attached hydrogens (tertiary/aromatic N) is 3. The molecular weight excluding hydrogens is 357 g/mol. The Labute approximate surface area is 161 Å². The van der Waals surface area contributed by atoms with Crippen LogP contribution in [0.2, 0.25) is 0 Å². The average molecular weight is 375 g/mol. The first-order valence-electron chi connectivity index (χ1n) is 8.80. The van der Waals surface area contributed by atoms with E-state index in [4.69, 9.17) is 10.5 Å². The van der Waals surface area contributed by atoms with Crippen LogP contribution in [0.1, 0.15) is 5.56 Å². The first-order chi connectivity index (χ1) is 13.7. The zero-order chi connectivity index (χ0) is 19.3. The number of pyridine rings is 1. The molecule has 0 spiro atoms. The second kappa shape index (κ2) is 7.87. The molecule has 0 bridgehead atoms. The van der Waals surface area contributed by atoms with Crippen LogP contribution in [0, 0.1) is 5.82 Å². The zero-order valence-electron chi connectivity index (χ0n) is 15.0. The number of fused-ring (bicyclic) bond motifs is 1. The third kappa shape index (κ3) is 3.98. The van der Waals surface area contributed by atoms with Crippen molar-refractivity contribution in [1.29, 1.82) is 0 Å². The Morgan fingerprint density at radius 3 is 2.61 bits per heavy atom. The molecule has 0 amide bonds. The summed E-state index contributed by atoms with van der Waals surface area (Å²) in [6, 6.07) is 16.1. The lowest BCUT2D eigenvalue weighted by molar-refractivity contribution is 0.463. The van der Waals surface area contributed by atoms with Gasteiger partial charge in [-0.1, -0.05) is 18.2 Å². The molecule has 2 aromatic carbocycles. The topological polar surface area (TPSA) is 86.0 Å². The van der Waals surface area contributed by atoms with Crippen LogP contribution in [0.5, 0.6) is 11.6 Å². The molecule has 0 aliphatic heterocycles. The van der Waals surface area contributed by atoms with Gasteiger partial charge < -0.3 is 15.8 Å². The fourth-order valence-corrected chi connectivity index (χ4v) is 2.81. The molecule has 0 saturated heterocycles. The van der Waals surface area contributed by atoms with E-state index < -0.39 is 0 Å². The minimum absolute atomic E-state index is 0.317. The number of anilines is 2. The van der Waals surface area contributed by atoms with Crippen molar-refractivity contribution in [3.8, 4) is 11.6 Å². The second-order valence-corrected chi connectivity index (χ2v) is 6.21. The highest BCUT2D eigenvalue weighted by Crippen LogP contribution is 2.22. The number of benzene rings is 2. The third-order valence-electron chi connectivity index (χ3n) is 4.23. The van der Waals surface area contributed by atoms with Crippen LogP contribution in [-0.4, -0.2) is 21.5 Å². The summed E-state index contributed by atoms with van der Waals surface area (Å²) in [7, 11) is 0. The molecule has 6 nitrogen and oxygen atoms in total. The van der Waals surface area contributed by atoms with Crippen molar-refractivity contribution in [2.75, 3.05) is 17.6 Å². The Bertz CT molecular complexity index is 1080. The van der Waals surface area contributed by atoms with E-state index in [9.17, 15) is 4.39 Å². The van der Waals surface area contributed by atoms with Crippen molar-refractivity contribution in [3.05, 3.63) is 78.5 Å². The molecule has 28 heavy (non-hydrogen) atoms. The van der Waals surface area contributed by atoms with Gasteiger partial charge >= 0.3 is 0 Å². The second-order valence-electron chi connectivity index (χ2n) is 6.21. The summed E-state index contributed by atoms with van der Waals surface area (Å²) in [5.74, 6) is 1.46. The lowest BCUT2D eigenvalue weighted by Crippen LogP contribution is -2.07. The largest absolute Gasteiger partial charge is 0.439 e. The molecule has 4 aromatic rings. The molecule has 0 aliphatic carbocycles. The number of nitrogens with one attached hydrogen (secondary N) is 1.